The summed E-state index contributed by atoms with van der Waals surface area (Å²) in [5.41, 5.74) is -0.0139. The molecule has 2 aliphatic rings. The van der Waals surface area contributed by atoms with Crippen LogP contribution >= 0.6 is 0 Å². The Hall–Kier alpha value is -1.20. The normalized spacial score (nSPS) is 30.1. The Morgan fingerprint density at radius 1 is 1.40 bits per heavy atom. The number of fused-ring (bicyclic) bond motifs is 1. The number of nitrogens with zero attached hydrogens (tertiary/aromatic N) is 2. The fourth-order valence-electron chi connectivity index (χ4n) is 3.64. The number of hydrogen-bond acceptors (Lipinski definition) is 4. The maximum Gasteiger partial charge on any atom is 0.142 e. The standard InChI is InChI=1S/C15H21FN2O2/c16-13-7-11(10-19)14(17-8-13)18-6-5-15(20)4-2-1-3-12(15)9-18/h7-8,12,19-20H,1-6,9-10H2. The molecule has 0 amide bonds. The number of anilines is 1. The van der Waals surface area contributed by atoms with Crippen LogP contribution in [0.25, 0.3) is 0 Å². The van der Waals surface area contributed by atoms with Gasteiger partial charge in [-0.05, 0) is 25.3 Å². The second-order valence-electron chi connectivity index (χ2n) is 6.04. The Kier molecular flexibility index (Phi) is 3.65. The molecule has 1 aliphatic carbocycles. The lowest BCUT2D eigenvalue weighted by molar-refractivity contribution is -0.0614. The fraction of sp³-hybridized carbons (Fsp3) is 0.667. The van der Waals surface area contributed by atoms with Crippen molar-refractivity contribution in [2.24, 2.45) is 5.92 Å². The van der Waals surface area contributed by atoms with E-state index in [0.717, 1.165) is 38.6 Å². The highest BCUT2D eigenvalue weighted by molar-refractivity contribution is 5.47. The Morgan fingerprint density at radius 3 is 3.05 bits per heavy atom. The third kappa shape index (κ3) is 2.40. The Balaban J connectivity index is 1.82. The lowest BCUT2D eigenvalue weighted by Crippen LogP contribution is -2.53. The number of piperidine rings is 1. The SMILES string of the molecule is OCc1cc(F)cnc1N1CCC2(O)CCCCC2C1. The van der Waals surface area contributed by atoms with Gasteiger partial charge in [0.1, 0.15) is 11.6 Å². The second kappa shape index (κ2) is 5.30. The molecule has 0 aromatic carbocycles. The van der Waals surface area contributed by atoms with Crippen LogP contribution in [0.15, 0.2) is 12.3 Å². The number of aliphatic hydroxyl groups is 2. The number of pyridine rings is 1. The van der Waals surface area contributed by atoms with E-state index in [9.17, 15) is 14.6 Å². The van der Waals surface area contributed by atoms with E-state index >= 15 is 0 Å². The molecule has 1 aromatic heterocycles. The summed E-state index contributed by atoms with van der Waals surface area (Å²) in [6.45, 7) is 1.23. The molecular weight excluding hydrogens is 259 g/mol. The molecular formula is C15H21FN2O2. The first-order chi connectivity index (χ1) is 9.62. The first-order valence-electron chi connectivity index (χ1n) is 7.35. The molecule has 2 unspecified atom stereocenters. The molecule has 1 saturated heterocycles. The summed E-state index contributed by atoms with van der Waals surface area (Å²) in [5.74, 6) is 0.480. The molecule has 2 N–H and O–H groups in total. The van der Waals surface area contributed by atoms with Crippen LogP contribution in [0.1, 0.15) is 37.7 Å². The van der Waals surface area contributed by atoms with Gasteiger partial charge in [0.15, 0.2) is 0 Å². The first-order valence-corrected chi connectivity index (χ1v) is 7.35. The van der Waals surface area contributed by atoms with Crippen molar-refractivity contribution < 1.29 is 14.6 Å². The van der Waals surface area contributed by atoms with Gasteiger partial charge in [0.2, 0.25) is 0 Å². The molecule has 0 spiro atoms. The molecule has 1 saturated carbocycles. The lowest BCUT2D eigenvalue weighted by Gasteiger charge is -2.48. The summed E-state index contributed by atoms with van der Waals surface area (Å²) in [5, 5.41) is 20.0. The van der Waals surface area contributed by atoms with E-state index in [1.165, 1.54) is 12.3 Å². The van der Waals surface area contributed by atoms with Gasteiger partial charge in [-0.1, -0.05) is 12.8 Å². The molecule has 0 bridgehead atoms. The van der Waals surface area contributed by atoms with Crippen LogP contribution in [-0.4, -0.2) is 33.9 Å². The molecule has 2 atom stereocenters. The summed E-state index contributed by atoms with van der Waals surface area (Å²) >= 11 is 0. The molecule has 0 radical (unpaired) electrons. The predicted molar refractivity (Wildman–Crippen MR) is 73.9 cm³/mol. The highest BCUT2D eigenvalue weighted by Crippen LogP contribution is 2.41. The number of rotatable bonds is 2. The van der Waals surface area contributed by atoms with Gasteiger partial charge in [-0.3, -0.25) is 0 Å². The largest absolute Gasteiger partial charge is 0.392 e. The minimum Gasteiger partial charge on any atom is -0.392 e. The summed E-state index contributed by atoms with van der Waals surface area (Å²) in [6, 6.07) is 1.34. The van der Waals surface area contributed by atoms with E-state index in [1.54, 1.807) is 0 Å². The first kappa shape index (κ1) is 13.8. The van der Waals surface area contributed by atoms with Gasteiger partial charge < -0.3 is 15.1 Å². The van der Waals surface area contributed by atoms with Crippen molar-refractivity contribution in [2.45, 2.75) is 44.3 Å². The van der Waals surface area contributed by atoms with Gasteiger partial charge in [0.25, 0.3) is 0 Å². The average Bonchev–Trinajstić information content (AvgIpc) is 2.46. The van der Waals surface area contributed by atoms with Crippen molar-refractivity contribution in [2.75, 3.05) is 18.0 Å². The molecule has 1 aliphatic heterocycles. The molecule has 1 aromatic rings. The molecule has 20 heavy (non-hydrogen) atoms. The zero-order chi connectivity index (χ0) is 14.2. The number of halogens is 1. The molecule has 2 heterocycles. The van der Waals surface area contributed by atoms with Crippen LogP contribution in [0.4, 0.5) is 10.2 Å². The number of aliphatic hydroxyl groups excluding tert-OH is 1. The Morgan fingerprint density at radius 2 is 2.25 bits per heavy atom. The van der Waals surface area contributed by atoms with Crippen molar-refractivity contribution in [3.05, 3.63) is 23.6 Å². The zero-order valence-corrected chi connectivity index (χ0v) is 11.6. The lowest BCUT2D eigenvalue weighted by atomic mass is 9.71. The van der Waals surface area contributed by atoms with Gasteiger partial charge in [0.05, 0.1) is 18.4 Å². The molecule has 3 rings (SSSR count). The minimum absolute atomic E-state index is 0.217. The Bertz CT molecular complexity index is 497. The monoisotopic (exact) mass is 280 g/mol. The van der Waals surface area contributed by atoms with Gasteiger partial charge in [0, 0.05) is 24.6 Å². The van der Waals surface area contributed by atoms with Crippen LogP contribution in [0.5, 0.6) is 0 Å². The van der Waals surface area contributed by atoms with Gasteiger partial charge in [-0.15, -0.1) is 0 Å². The highest BCUT2D eigenvalue weighted by Gasteiger charge is 2.43. The van der Waals surface area contributed by atoms with E-state index < -0.39 is 11.4 Å². The van der Waals surface area contributed by atoms with Gasteiger partial charge in [-0.25, -0.2) is 9.37 Å². The molecule has 5 heteroatoms. The van der Waals surface area contributed by atoms with E-state index in [4.69, 9.17) is 0 Å². The quantitative estimate of drug-likeness (QED) is 0.868. The third-order valence-electron chi connectivity index (χ3n) is 4.81. The van der Waals surface area contributed by atoms with Gasteiger partial charge in [-0.2, -0.15) is 0 Å². The maximum atomic E-state index is 13.2. The maximum absolute atomic E-state index is 13.2. The smallest absolute Gasteiger partial charge is 0.142 e. The Labute approximate surface area is 118 Å². The van der Waals surface area contributed by atoms with Crippen molar-refractivity contribution >= 4 is 5.82 Å². The summed E-state index contributed by atoms with van der Waals surface area (Å²) < 4.78 is 13.2. The highest BCUT2D eigenvalue weighted by atomic mass is 19.1. The predicted octanol–water partition coefficient (Wildman–Crippen LogP) is 1.84. The van der Waals surface area contributed by atoms with E-state index in [1.807, 2.05) is 0 Å². The molecule has 4 nitrogen and oxygen atoms in total. The minimum atomic E-state index is -0.534. The van der Waals surface area contributed by atoms with Crippen LogP contribution in [0.3, 0.4) is 0 Å². The van der Waals surface area contributed by atoms with E-state index in [0.29, 0.717) is 17.9 Å². The van der Waals surface area contributed by atoms with Gasteiger partial charge >= 0.3 is 0 Å². The van der Waals surface area contributed by atoms with Crippen LogP contribution in [-0.2, 0) is 6.61 Å². The fourth-order valence-corrected chi connectivity index (χ4v) is 3.64. The van der Waals surface area contributed by atoms with Crippen molar-refractivity contribution in [1.29, 1.82) is 0 Å². The van der Waals surface area contributed by atoms with Crippen molar-refractivity contribution in [3.8, 4) is 0 Å². The van der Waals surface area contributed by atoms with Crippen molar-refractivity contribution in [3.63, 3.8) is 0 Å². The van der Waals surface area contributed by atoms with E-state index in [2.05, 4.69) is 9.88 Å². The number of hydrogen-bond donors (Lipinski definition) is 2. The topological polar surface area (TPSA) is 56.6 Å². The summed E-state index contributed by atoms with van der Waals surface area (Å²) in [7, 11) is 0. The van der Waals surface area contributed by atoms with E-state index in [-0.39, 0.29) is 12.5 Å². The van der Waals surface area contributed by atoms with Crippen LogP contribution in [0, 0.1) is 11.7 Å². The van der Waals surface area contributed by atoms with Crippen molar-refractivity contribution in [1.82, 2.24) is 4.98 Å². The molecule has 2 fully saturated rings. The third-order valence-corrected chi connectivity index (χ3v) is 4.81. The second-order valence-corrected chi connectivity index (χ2v) is 6.04. The summed E-state index contributed by atoms with van der Waals surface area (Å²) in [6.07, 6.45) is 6.09. The van der Waals surface area contributed by atoms with Crippen LogP contribution < -0.4 is 4.90 Å². The molecule has 110 valence electrons. The average molecular weight is 280 g/mol. The van der Waals surface area contributed by atoms with Crippen LogP contribution in [0.2, 0.25) is 0 Å². The zero-order valence-electron chi connectivity index (χ0n) is 11.6. The number of aromatic nitrogens is 1. The summed E-state index contributed by atoms with van der Waals surface area (Å²) in [4.78, 5) is 6.22.